The molecule has 0 atom stereocenters. The number of aromatic amines is 1. The molecule has 0 aliphatic rings. The predicted molar refractivity (Wildman–Crippen MR) is 88.7 cm³/mol. The molecule has 3 aromatic rings. The number of ether oxygens (including phenoxy) is 1. The summed E-state index contributed by atoms with van der Waals surface area (Å²) in [6, 6.07) is 17.3. The first-order valence-electron chi connectivity index (χ1n) is 7.45. The number of hydrogen-bond donors (Lipinski definition) is 2. The lowest BCUT2D eigenvalue weighted by Gasteiger charge is -2.19. The minimum absolute atomic E-state index is 0.309. The fourth-order valence-corrected chi connectivity index (χ4v) is 2.49. The summed E-state index contributed by atoms with van der Waals surface area (Å²) in [5.74, 6) is 0.758. The maximum atomic E-state index is 11.4. The van der Waals surface area contributed by atoms with E-state index in [1.807, 2.05) is 60.8 Å². The highest BCUT2D eigenvalue weighted by molar-refractivity contribution is 5.85. The summed E-state index contributed by atoms with van der Waals surface area (Å²) < 4.78 is 5.77. The minimum atomic E-state index is -0.947. The predicted octanol–water partition coefficient (Wildman–Crippen LogP) is 3.73. The number of amides is 1. The van der Waals surface area contributed by atoms with Gasteiger partial charge in [-0.25, -0.2) is 4.79 Å². The first-order chi connectivity index (χ1) is 11.2. The summed E-state index contributed by atoms with van der Waals surface area (Å²) in [6.07, 6.45) is 0.911. The van der Waals surface area contributed by atoms with E-state index in [-0.39, 0.29) is 0 Å². The number of H-pyrrole nitrogens is 1. The molecule has 0 saturated carbocycles. The Kier molecular flexibility index (Phi) is 4.47. The Labute approximate surface area is 134 Å². The van der Waals surface area contributed by atoms with Crippen molar-refractivity contribution >= 4 is 17.0 Å². The third-order valence-corrected chi connectivity index (χ3v) is 3.66. The van der Waals surface area contributed by atoms with Gasteiger partial charge in [0.25, 0.3) is 0 Å². The van der Waals surface area contributed by atoms with E-state index in [9.17, 15) is 9.90 Å². The third-order valence-electron chi connectivity index (χ3n) is 3.66. The van der Waals surface area contributed by atoms with Crippen molar-refractivity contribution < 1.29 is 14.6 Å². The second-order valence-corrected chi connectivity index (χ2v) is 5.23. The summed E-state index contributed by atoms with van der Waals surface area (Å²) in [4.78, 5) is 15.9. The first kappa shape index (κ1) is 15.0. The molecule has 23 heavy (non-hydrogen) atoms. The zero-order chi connectivity index (χ0) is 16.1. The van der Waals surface area contributed by atoms with E-state index < -0.39 is 6.09 Å². The van der Waals surface area contributed by atoms with Crippen molar-refractivity contribution in [3.8, 4) is 5.75 Å². The highest BCUT2D eigenvalue weighted by Gasteiger charge is 2.12. The summed E-state index contributed by atoms with van der Waals surface area (Å²) >= 11 is 0. The normalized spacial score (nSPS) is 10.6. The molecule has 0 unspecified atom stereocenters. The SMILES string of the molecule is O=C(O)N(CCOc1cccc2[nH]ccc12)Cc1ccccc1. The molecule has 0 aliphatic carbocycles. The van der Waals surface area contributed by atoms with Crippen LogP contribution in [-0.4, -0.2) is 34.2 Å². The van der Waals surface area contributed by atoms with Gasteiger partial charge in [-0.05, 0) is 23.8 Å². The number of rotatable bonds is 6. The molecular weight excluding hydrogens is 292 g/mol. The lowest BCUT2D eigenvalue weighted by molar-refractivity contribution is 0.132. The molecule has 0 fully saturated rings. The zero-order valence-corrected chi connectivity index (χ0v) is 12.6. The minimum Gasteiger partial charge on any atom is -0.491 e. The highest BCUT2D eigenvalue weighted by atomic mass is 16.5. The molecule has 5 nitrogen and oxygen atoms in total. The average Bonchev–Trinajstić information content (AvgIpc) is 3.04. The van der Waals surface area contributed by atoms with Gasteiger partial charge in [-0.15, -0.1) is 0 Å². The van der Waals surface area contributed by atoms with Crippen molar-refractivity contribution in [1.29, 1.82) is 0 Å². The summed E-state index contributed by atoms with van der Waals surface area (Å²) in [7, 11) is 0. The van der Waals surface area contributed by atoms with Crippen LogP contribution in [0, 0.1) is 0 Å². The van der Waals surface area contributed by atoms with Crippen molar-refractivity contribution in [2.45, 2.75) is 6.54 Å². The molecule has 1 heterocycles. The van der Waals surface area contributed by atoms with Crippen molar-refractivity contribution in [1.82, 2.24) is 9.88 Å². The van der Waals surface area contributed by atoms with Crippen molar-refractivity contribution in [2.75, 3.05) is 13.2 Å². The van der Waals surface area contributed by atoms with Crippen LogP contribution in [0.25, 0.3) is 10.9 Å². The average molecular weight is 310 g/mol. The smallest absolute Gasteiger partial charge is 0.407 e. The van der Waals surface area contributed by atoms with Crippen molar-refractivity contribution in [3.05, 3.63) is 66.4 Å². The summed E-state index contributed by atoms with van der Waals surface area (Å²) in [6.45, 7) is 0.975. The fourth-order valence-electron chi connectivity index (χ4n) is 2.49. The fraction of sp³-hybridized carbons (Fsp3) is 0.167. The first-order valence-corrected chi connectivity index (χ1v) is 7.45. The molecule has 1 amide bonds. The maximum Gasteiger partial charge on any atom is 0.407 e. The van der Waals surface area contributed by atoms with Gasteiger partial charge in [0.2, 0.25) is 0 Å². The number of nitrogens with one attached hydrogen (secondary N) is 1. The molecule has 0 spiro atoms. The Morgan fingerprint density at radius 2 is 1.91 bits per heavy atom. The van der Waals surface area contributed by atoms with Crippen LogP contribution in [0.1, 0.15) is 5.56 Å². The van der Waals surface area contributed by atoms with Gasteiger partial charge < -0.3 is 19.7 Å². The highest BCUT2D eigenvalue weighted by Crippen LogP contribution is 2.24. The number of carbonyl (C=O) groups is 1. The van der Waals surface area contributed by atoms with Crippen LogP contribution in [0.2, 0.25) is 0 Å². The van der Waals surface area contributed by atoms with Gasteiger partial charge in [-0.1, -0.05) is 36.4 Å². The Bertz CT molecular complexity index is 783. The van der Waals surface area contributed by atoms with Crippen molar-refractivity contribution in [2.24, 2.45) is 0 Å². The Morgan fingerprint density at radius 1 is 1.09 bits per heavy atom. The number of benzene rings is 2. The lowest BCUT2D eigenvalue weighted by Crippen LogP contribution is -2.32. The van der Waals surface area contributed by atoms with Gasteiger partial charge in [0.15, 0.2) is 0 Å². The molecule has 0 bridgehead atoms. The molecule has 0 aliphatic heterocycles. The standard InChI is InChI=1S/C18H18N2O3/c21-18(22)20(13-14-5-2-1-3-6-14)11-12-23-17-8-4-7-16-15(17)9-10-19-16/h1-10,19H,11-13H2,(H,21,22). The van der Waals surface area contributed by atoms with Crippen LogP contribution in [0.15, 0.2) is 60.8 Å². The molecule has 118 valence electrons. The van der Waals surface area contributed by atoms with E-state index in [0.717, 1.165) is 22.2 Å². The van der Waals surface area contributed by atoms with Crippen molar-refractivity contribution in [3.63, 3.8) is 0 Å². The zero-order valence-electron chi connectivity index (χ0n) is 12.6. The van der Waals surface area contributed by atoms with E-state index in [1.54, 1.807) is 0 Å². The van der Waals surface area contributed by atoms with Crippen LogP contribution < -0.4 is 4.74 Å². The van der Waals surface area contributed by atoms with E-state index >= 15 is 0 Å². The van der Waals surface area contributed by atoms with E-state index in [2.05, 4.69) is 4.98 Å². The number of hydrogen-bond acceptors (Lipinski definition) is 2. The lowest BCUT2D eigenvalue weighted by atomic mass is 10.2. The monoisotopic (exact) mass is 310 g/mol. The molecule has 0 saturated heterocycles. The van der Waals surface area contributed by atoms with Crippen LogP contribution >= 0.6 is 0 Å². The van der Waals surface area contributed by atoms with Crippen LogP contribution in [0.4, 0.5) is 4.79 Å². The van der Waals surface area contributed by atoms with Crippen LogP contribution in [0.5, 0.6) is 5.75 Å². The Balaban J connectivity index is 1.61. The summed E-state index contributed by atoms with van der Waals surface area (Å²) in [5.41, 5.74) is 1.96. The second kappa shape index (κ2) is 6.87. The van der Waals surface area contributed by atoms with Gasteiger partial charge in [0.1, 0.15) is 12.4 Å². The van der Waals surface area contributed by atoms with E-state index in [1.165, 1.54) is 4.90 Å². The topological polar surface area (TPSA) is 65.6 Å². The molecular formula is C18H18N2O3. The molecule has 3 rings (SSSR count). The molecule has 0 radical (unpaired) electrons. The van der Waals surface area contributed by atoms with Crippen LogP contribution in [0.3, 0.4) is 0 Å². The quantitative estimate of drug-likeness (QED) is 0.729. The molecule has 1 aromatic heterocycles. The molecule has 2 N–H and O–H groups in total. The van der Waals surface area contributed by atoms with Gasteiger partial charge in [-0.2, -0.15) is 0 Å². The number of fused-ring (bicyclic) bond motifs is 1. The molecule has 5 heteroatoms. The summed E-state index contributed by atoms with van der Waals surface area (Å²) in [5, 5.41) is 10.3. The maximum absolute atomic E-state index is 11.4. The number of nitrogens with zero attached hydrogens (tertiary/aromatic N) is 1. The number of aromatic nitrogens is 1. The second-order valence-electron chi connectivity index (χ2n) is 5.23. The number of carboxylic acid groups (broad SMARTS) is 1. The van der Waals surface area contributed by atoms with E-state index in [0.29, 0.717) is 19.7 Å². The molecule has 2 aromatic carbocycles. The van der Waals surface area contributed by atoms with Gasteiger partial charge in [0.05, 0.1) is 6.54 Å². The van der Waals surface area contributed by atoms with Crippen LogP contribution in [-0.2, 0) is 6.54 Å². The van der Waals surface area contributed by atoms with Gasteiger partial charge >= 0.3 is 6.09 Å². The Hall–Kier alpha value is -2.95. The Morgan fingerprint density at radius 3 is 2.70 bits per heavy atom. The van der Waals surface area contributed by atoms with E-state index in [4.69, 9.17) is 4.74 Å². The largest absolute Gasteiger partial charge is 0.491 e. The third kappa shape index (κ3) is 3.63. The van der Waals surface area contributed by atoms with Gasteiger partial charge in [0, 0.05) is 23.6 Å². The van der Waals surface area contributed by atoms with Gasteiger partial charge in [-0.3, -0.25) is 0 Å².